The second kappa shape index (κ2) is 8.72. The van der Waals surface area contributed by atoms with Crippen LogP contribution in [0.15, 0.2) is 12.2 Å². The van der Waals surface area contributed by atoms with Crippen LogP contribution in [-0.4, -0.2) is 44.3 Å². The molecule has 1 saturated carbocycles. The lowest BCUT2D eigenvalue weighted by Gasteiger charge is -2.24. The van der Waals surface area contributed by atoms with Gasteiger partial charge in [-0.1, -0.05) is 19.4 Å². The zero-order valence-corrected chi connectivity index (χ0v) is 11.3. The first-order valence-corrected chi connectivity index (χ1v) is 6.25. The molecule has 0 radical (unpaired) electrons. The van der Waals surface area contributed by atoms with Crippen LogP contribution in [0.2, 0.25) is 0 Å². The maximum atomic E-state index is 10.6. The fourth-order valence-corrected chi connectivity index (χ4v) is 1.98. The zero-order valence-electron chi connectivity index (χ0n) is 11.3. The van der Waals surface area contributed by atoms with E-state index in [0.29, 0.717) is 12.8 Å². The molecule has 2 atom stereocenters. The zero-order chi connectivity index (χ0) is 16.6. The second-order valence-electron chi connectivity index (χ2n) is 4.65. The second-order valence-corrected chi connectivity index (χ2v) is 4.65. The summed E-state index contributed by atoms with van der Waals surface area (Å²) in [4.78, 5) is 40.9. The predicted molar refractivity (Wildman–Crippen MR) is 69.7 cm³/mol. The van der Waals surface area contributed by atoms with E-state index in [1.54, 1.807) is 0 Å². The van der Waals surface area contributed by atoms with Crippen LogP contribution >= 0.6 is 0 Å². The van der Waals surface area contributed by atoms with Gasteiger partial charge >= 0.3 is 23.9 Å². The summed E-state index contributed by atoms with van der Waals surface area (Å²) in [7, 11) is 0. The Balaban J connectivity index is 0.000000400. The first-order valence-electron chi connectivity index (χ1n) is 6.25. The number of carboxylic acids is 4. The third-order valence-electron chi connectivity index (χ3n) is 3.07. The minimum Gasteiger partial charge on any atom is -0.481 e. The summed E-state index contributed by atoms with van der Waals surface area (Å²) in [6, 6.07) is 0. The van der Waals surface area contributed by atoms with Gasteiger partial charge < -0.3 is 20.4 Å². The van der Waals surface area contributed by atoms with Crippen molar-refractivity contribution in [1.82, 2.24) is 0 Å². The van der Waals surface area contributed by atoms with Gasteiger partial charge in [0.05, 0.1) is 18.3 Å². The van der Waals surface area contributed by atoms with Crippen LogP contribution in [0.3, 0.4) is 0 Å². The van der Waals surface area contributed by atoms with Crippen molar-refractivity contribution in [2.45, 2.75) is 32.1 Å². The predicted octanol–water partition coefficient (Wildman–Crippen LogP) is 1.06. The maximum Gasteiger partial charge on any atom is 0.331 e. The molecule has 0 saturated heterocycles. The largest absolute Gasteiger partial charge is 0.481 e. The number of rotatable bonds is 5. The molecule has 0 aromatic heterocycles. The molecule has 118 valence electrons. The van der Waals surface area contributed by atoms with Crippen molar-refractivity contribution in [2.24, 2.45) is 11.8 Å². The van der Waals surface area contributed by atoms with E-state index in [9.17, 15) is 19.2 Å². The van der Waals surface area contributed by atoms with Gasteiger partial charge in [0.25, 0.3) is 0 Å². The minimum atomic E-state index is -1.27. The molecule has 4 N–H and O–H groups in total. The van der Waals surface area contributed by atoms with Gasteiger partial charge in [-0.05, 0) is 12.8 Å². The number of hydrogen-bond donors (Lipinski definition) is 4. The highest BCUT2D eigenvalue weighted by Crippen LogP contribution is 2.30. The van der Waals surface area contributed by atoms with Gasteiger partial charge in [0, 0.05) is 5.57 Å². The van der Waals surface area contributed by atoms with Crippen LogP contribution in [0.4, 0.5) is 0 Å². The summed E-state index contributed by atoms with van der Waals surface area (Å²) in [6.45, 7) is 3.01. The summed E-state index contributed by atoms with van der Waals surface area (Å²) >= 11 is 0. The number of carboxylic acid groups (broad SMARTS) is 4. The minimum absolute atomic E-state index is 0.303. The summed E-state index contributed by atoms with van der Waals surface area (Å²) in [5.41, 5.74) is -0.303. The summed E-state index contributed by atoms with van der Waals surface area (Å²) < 4.78 is 0. The molecule has 8 heteroatoms. The molecular weight excluding hydrogens is 284 g/mol. The van der Waals surface area contributed by atoms with E-state index in [1.165, 1.54) is 0 Å². The topological polar surface area (TPSA) is 149 Å². The van der Waals surface area contributed by atoms with Crippen molar-refractivity contribution < 1.29 is 39.6 Å². The van der Waals surface area contributed by atoms with Gasteiger partial charge in [-0.15, -0.1) is 0 Å². The van der Waals surface area contributed by atoms with E-state index < -0.39 is 42.1 Å². The molecule has 1 aliphatic rings. The Labute approximate surface area is 120 Å². The van der Waals surface area contributed by atoms with Crippen LogP contribution in [0.25, 0.3) is 0 Å². The highest BCUT2D eigenvalue weighted by molar-refractivity contribution is 5.91. The van der Waals surface area contributed by atoms with Crippen molar-refractivity contribution in [3.05, 3.63) is 12.2 Å². The number of aliphatic carboxylic acids is 4. The number of hydrogen-bond acceptors (Lipinski definition) is 4. The van der Waals surface area contributed by atoms with E-state index in [0.717, 1.165) is 12.8 Å². The molecule has 2 unspecified atom stereocenters. The third-order valence-corrected chi connectivity index (χ3v) is 3.07. The molecule has 21 heavy (non-hydrogen) atoms. The molecule has 0 spiro atoms. The van der Waals surface area contributed by atoms with Gasteiger partial charge in [-0.2, -0.15) is 0 Å². The number of carbonyl (C=O) groups is 4. The fourth-order valence-electron chi connectivity index (χ4n) is 1.98. The van der Waals surface area contributed by atoms with Crippen LogP contribution in [-0.2, 0) is 19.2 Å². The van der Waals surface area contributed by atoms with Crippen molar-refractivity contribution in [3.63, 3.8) is 0 Å². The van der Waals surface area contributed by atoms with Gasteiger partial charge in [0.15, 0.2) is 0 Å². The van der Waals surface area contributed by atoms with Crippen molar-refractivity contribution in [3.8, 4) is 0 Å². The highest BCUT2D eigenvalue weighted by atomic mass is 16.4. The molecule has 0 heterocycles. The van der Waals surface area contributed by atoms with E-state index in [1.807, 2.05) is 0 Å². The van der Waals surface area contributed by atoms with Gasteiger partial charge in [-0.25, -0.2) is 4.79 Å². The Hall–Kier alpha value is -2.38. The molecule has 0 aromatic rings. The quantitative estimate of drug-likeness (QED) is 0.551. The lowest BCUT2D eigenvalue weighted by Crippen LogP contribution is -2.32. The summed E-state index contributed by atoms with van der Waals surface area (Å²) in [5, 5.41) is 33.5. The van der Waals surface area contributed by atoms with E-state index in [-0.39, 0.29) is 5.57 Å². The molecule has 0 amide bonds. The molecule has 1 aliphatic carbocycles. The molecule has 0 aromatic carbocycles. The molecule has 1 fully saturated rings. The van der Waals surface area contributed by atoms with Crippen LogP contribution in [0.5, 0.6) is 0 Å². The van der Waals surface area contributed by atoms with E-state index >= 15 is 0 Å². The first-order chi connectivity index (χ1) is 9.66. The van der Waals surface area contributed by atoms with Crippen molar-refractivity contribution >= 4 is 23.9 Å². The standard InChI is InChI=1S/C8H12O4.C5H6O4/c9-7(10)5-3-1-2-4-6(5)8(11)12;1-3(5(8)9)2-4(6)7/h5-6H,1-4H2,(H,9,10)(H,11,12);1-2H2,(H,6,7)(H,8,9). The average molecular weight is 302 g/mol. The van der Waals surface area contributed by atoms with Crippen LogP contribution in [0, 0.1) is 11.8 Å². The smallest absolute Gasteiger partial charge is 0.331 e. The highest BCUT2D eigenvalue weighted by Gasteiger charge is 2.35. The Kier molecular flexibility index (Phi) is 7.74. The van der Waals surface area contributed by atoms with Gasteiger partial charge in [-0.3, -0.25) is 14.4 Å². The Bertz CT molecular complexity index is 417. The van der Waals surface area contributed by atoms with Crippen LogP contribution in [0.1, 0.15) is 32.1 Å². The normalized spacial score (nSPS) is 20.6. The molecule has 0 bridgehead atoms. The molecule has 8 nitrogen and oxygen atoms in total. The van der Waals surface area contributed by atoms with Gasteiger partial charge in [0.1, 0.15) is 0 Å². The van der Waals surface area contributed by atoms with E-state index in [2.05, 4.69) is 6.58 Å². The maximum absolute atomic E-state index is 10.6. The average Bonchev–Trinajstić information content (AvgIpc) is 2.38. The Morgan fingerprint density at radius 1 is 0.857 bits per heavy atom. The molecular formula is C13H18O8. The summed E-state index contributed by atoms with van der Waals surface area (Å²) in [6.07, 6.45) is 2.18. The third kappa shape index (κ3) is 7.09. The Morgan fingerprint density at radius 3 is 1.43 bits per heavy atom. The van der Waals surface area contributed by atoms with Crippen LogP contribution < -0.4 is 0 Å². The molecule has 1 rings (SSSR count). The lowest BCUT2D eigenvalue weighted by atomic mass is 9.79. The van der Waals surface area contributed by atoms with Crippen molar-refractivity contribution in [1.29, 1.82) is 0 Å². The fraction of sp³-hybridized carbons (Fsp3) is 0.538. The Morgan fingerprint density at radius 2 is 1.24 bits per heavy atom. The summed E-state index contributed by atoms with van der Waals surface area (Å²) in [5.74, 6) is -5.73. The first kappa shape index (κ1) is 18.6. The SMILES string of the molecule is C=C(CC(=O)O)C(=O)O.O=C(O)C1CCCCC1C(=O)O. The van der Waals surface area contributed by atoms with Crippen molar-refractivity contribution in [2.75, 3.05) is 0 Å². The lowest BCUT2D eigenvalue weighted by molar-refractivity contribution is -0.155. The molecule has 0 aliphatic heterocycles. The van der Waals surface area contributed by atoms with E-state index in [4.69, 9.17) is 20.4 Å². The monoisotopic (exact) mass is 302 g/mol. The van der Waals surface area contributed by atoms with Gasteiger partial charge in [0.2, 0.25) is 0 Å².